The highest BCUT2D eigenvalue weighted by Crippen LogP contribution is 2.12. The second-order valence-electron chi connectivity index (χ2n) is 4.21. The number of rotatable bonds is 3. The fraction of sp³-hybridized carbons (Fsp3) is 1.00. The molecule has 7 heteroatoms. The first kappa shape index (κ1) is 16.1. The lowest BCUT2D eigenvalue weighted by atomic mass is 10.2. The molecule has 1 aliphatic rings. The van der Waals surface area contributed by atoms with Crippen LogP contribution in [0, 0.1) is 0 Å². The van der Waals surface area contributed by atoms with Gasteiger partial charge in [-0.05, 0) is 13.8 Å². The molecule has 2 unspecified atom stereocenters. The Morgan fingerprint density at radius 1 is 1.31 bits per heavy atom. The van der Waals surface area contributed by atoms with Crippen molar-refractivity contribution in [1.29, 1.82) is 0 Å². The molecule has 1 aliphatic heterocycles. The van der Waals surface area contributed by atoms with E-state index in [1.807, 2.05) is 20.8 Å². The average Bonchev–Trinajstić information content (AvgIpc) is 2.15. The van der Waals surface area contributed by atoms with Crippen molar-refractivity contribution in [3.05, 3.63) is 0 Å². The van der Waals surface area contributed by atoms with E-state index in [4.69, 9.17) is 0 Å². The molecule has 1 rings (SSSR count). The monoisotopic (exact) mass is 271 g/mol. The molecule has 0 saturated carbocycles. The van der Waals surface area contributed by atoms with Gasteiger partial charge in [0, 0.05) is 38.8 Å². The molecule has 0 aromatic carbocycles. The maximum atomic E-state index is 12.0. The molecule has 5 nitrogen and oxygen atoms in total. The van der Waals surface area contributed by atoms with Gasteiger partial charge in [0.15, 0.2) is 0 Å². The zero-order valence-electron chi connectivity index (χ0n) is 10.3. The standard InChI is InChI=1S/C9H21N3O2S.ClH/c1-5-11(4)15(13,14)12-6-8(2)10-9(3)7-12;/h8-10H,5-7H2,1-4H3;1H. The fourth-order valence-electron chi connectivity index (χ4n) is 1.83. The molecule has 16 heavy (non-hydrogen) atoms. The molecule has 1 heterocycles. The second kappa shape index (κ2) is 6.16. The van der Waals surface area contributed by atoms with Gasteiger partial charge in [-0.3, -0.25) is 0 Å². The zero-order chi connectivity index (χ0) is 11.6. The smallest absolute Gasteiger partial charge is 0.281 e. The summed E-state index contributed by atoms with van der Waals surface area (Å²) < 4.78 is 27.0. The van der Waals surface area contributed by atoms with E-state index >= 15 is 0 Å². The van der Waals surface area contributed by atoms with Crippen molar-refractivity contribution >= 4 is 22.6 Å². The number of hydrogen-bond donors (Lipinski definition) is 1. The minimum Gasteiger partial charge on any atom is -0.309 e. The van der Waals surface area contributed by atoms with Crippen LogP contribution in [0.15, 0.2) is 0 Å². The molecule has 1 fully saturated rings. The van der Waals surface area contributed by atoms with Crippen molar-refractivity contribution in [3.8, 4) is 0 Å². The van der Waals surface area contributed by atoms with Gasteiger partial charge < -0.3 is 5.32 Å². The van der Waals surface area contributed by atoms with Crippen molar-refractivity contribution in [2.75, 3.05) is 26.7 Å². The van der Waals surface area contributed by atoms with Crippen LogP contribution < -0.4 is 5.32 Å². The predicted molar refractivity (Wildman–Crippen MR) is 68.1 cm³/mol. The van der Waals surface area contributed by atoms with Gasteiger partial charge in [-0.15, -0.1) is 12.4 Å². The summed E-state index contributed by atoms with van der Waals surface area (Å²) in [7, 11) is -1.63. The molecule has 2 atom stereocenters. The Balaban J connectivity index is 0.00000225. The number of nitrogens with one attached hydrogen (secondary N) is 1. The van der Waals surface area contributed by atoms with Gasteiger partial charge in [-0.2, -0.15) is 17.0 Å². The van der Waals surface area contributed by atoms with Crippen LogP contribution in [0.3, 0.4) is 0 Å². The fourth-order valence-corrected chi connectivity index (χ4v) is 3.37. The van der Waals surface area contributed by atoms with Crippen molar-refractivity contribution in [2.45, 2.75) is 32.9 Å². The van der Waals surface area contributed by atoms with Crippen LogP contribution in [0.1, 0.15) is 20.8 Å². The van der Waals surface area contributed by atoms with Gasteiger partial charge in [0.25, 0.3) is 10.2 Å². The highest BCUT2D eigenvalue weighted by Gasteiger charge is 2.32. The Morgan fingerprint density at radius 2 is 1.75 bits per heavy atom. The van der Waals surface area contributed by atoms with Gasteiger partial charge in [0.05, 0.1) is 0 Å². The van der Waals surface area contributed by atoms with E-state index in [1.165, 1.54) is 4.31 Å². The summed E-state index contributed by atoms with van der Waals surface area (Å²) >= 11 is 0. The first-order valence-corrected chi connectivity index (χ1v) is 6.75. The summed E-state index contributed by atoms with van der Waals surface area (Å²) in [5.74, 6) is 0. The summed E-state index contributed by atoms with van der Waals surface area (Å²) in [4.78, 5) is 0. The molecule has 0 radical (unpaired) electrons. The van der Waals surface area contributed by atoms with Gasteiger partial charge in [0.1, 0.15) is 0 Å². The molecule has 0 aromatic heterocycles. The predicted octanol–water partition coefficient (Wildman–Crippen LogP) is 0.287. The van der Waals surface area contributed by atoms with Crippen LogP contribution in [0.2, 0.25) is 0 Å². The Kier molecular flexibility index (Phi) is 6.21. The minimum absolute atomic E-state index is 0. The Hall–Kier alpha value is 0.120. The summed E-state index contributed by atoms with van der Waals surface area (Å²) in [5.41, 5.74) is 0. The van der Waals surface area contributed by atoms with E-state index in [9.17, 15) is 8.42 Å². The summed E-state index contributed by atoms with van der Waals surface area (Å²) in [6.45, 7) is 7.46. The number of piperazine rings is 1. The average molecular weight is 272 g/mol. The molecule has 1 N–H and O–H groups in total. The molecular weight excluding hydrogens is 250 g/mol. The van der Waals surface area contributed by atoms with Crippen LogP contribution in [0.25, 0.3) is 0 Å². The van der Waals surface area contributed by atoms with Gasteiger partial charge in [-0.25, -0.2) is 0 Å². The van der Waals surface area contributed by atoms with Crippen LogP contribution in [0.5, 0.6) is 0 Å². The van der Waals surface area contributed by atoms with Crippen LogP contribution in [-0.4, -0.2) is 55.8 Å². The molecular formula is C9H22ClN3O2S. The third-order valence-corrected chi connectivity index (χ3v) is 4.69. The first-order chi connectivity index (χ1) is 6.87. The summed E-state index contributed by atoms with van der Waals surface area (Å²) in [6, 6.07) is 0.433. The quantitative estimate of drug-likeness (QED) is 0.803. The second-order valence-corrected chi connectivity index (χ2v) is 6.24. The molecule has 0 aliphatic carbocycles. The van der Waals surface area contributed by atoms with E-state index in [-0.39, 0.29) is 24.5 Å². The first-order valence-electron chi connectivity index (χ1n) is 5.35. The third-order valence-electron chi connectivity index (χ3n) is 2.69. The van der Waals surface area contributed by atoms with Gasteiger partial charge >= 0.3 is 0 Å². The maximum Gasteiger partial charge on any atom is 0.281 e. The van der Waals surface area contributed by atoms with Crippen molar-refractivity contribution in [2.24, 2.45) is 0 Å². The topological polar surface area (TPSA) is 52.7 Å². The van der Waals surface area contributed by atoms with Crippen molar-refractivity contribution in [3.63, 3.8) is 0 Å². The van der Waals surface area contributed by atoms with Crippen LogP contribution in [-0.2, 0) is 10.2 Å². The van der Waals surface area contributed by atoms with E-state index in [0.29, 0.717) is 19.6 Å². The number of halogens is 1. The van der Waals surface area contributed by atoms with Crippen LogP contribution in [0.4, 0.5) is 0 Å². The summed E-state index contributed by atoms with van der Waals surface area (Å²) in [6.07, 6.45) is 0. The van der Waals surface area contributed by atoms with E-state index in [2.05, 4.69) is 5.32 Å². The Morgan fingerprint density at radius 3 is 2.12 bits per heavy atom. The normalized spacial score (nSPS) is 27.8. The molecule has 98 valence electrons. The van der Waals surface area contributed by atoms with E-state index in [0.717, 1.165) is 0 Å². The largest absolute Gasteiger partial charge is 0.309 e. The molecule has 0 bridgehead atoms. The SMILES string of the molecule is CCN(C)S(=O)(=O)N1CC(C)NC(C)C1.Cl. The third kappa shape index (κ3) is 3.56. The lowest BCUT2D eigenvalue weighted by molar-refractivity contribution is 0.249. The van der Waals surface area contributed by atoms with Crippen molar-refractivity contribution < 1.29 is 8.42 Å². The Bertz CT molecular complexity index is 300. The lowest BCUT2D eigenvalue weighted by Crippen LogP contribution is -2.58. The minimum atomic E-state index is -3.25. The number of nitrogens with zero attached hydrogens (tertiary/aromatic N) is 2. The van der Waals surface area contributed by atoms with Crippen LogP contribution >= 0.6 is 12.4 Å². The molecule has 1 saturated heterocycles. The molecule has 0 amide bonds. The Labute approximate surface area is 105 Å². The van der Waals surface area contributed by atoms with E-state index in [1.54, 1.807) is 11.4 Å². The zero-order valence-corrected chi connectivity index (χ0v) is 11.9. The summed E-state index contributed by atoms with van der Waals surface area (Å²) in [5, 5.41) is 3.31. The highest BCUT2D eigenvalue weighted by atomic mass is 35.5. The van der Waals surface area contributed by atoms with E-state index < -0.39 is 10.2 Å². The van der Waals surface area contributed by atoms with Gasteiger partial charge in [0.2, 0.25) is 0 Å². The molecule has 0 spiro atoms. The maximum absolute atomic E-state index is 12.0. The van der Waals surface area contributed by atoms with Gasteiger partial charge in [-0.1, -0.05) is 6.92 Å². The van der Waals surface area contributed by atoms with Crippen molar-refractivity contribution in [1.82, 2.24) is 13.9 Å². The highest BCUT2D eigenvalue weighted by molar-refractivity contribution is 7.86. The molecule has 0 aromatic rings. The lowest BCUT2D eigenvalue weighted by Gasteiger charge is -2.36. The number of hydrogen-bond acceptors (Lipinski definition) is 3.